The monoisotopic (exact) mass is 234 g/mol. The van der Waals surface area contributed by atoms with E-state index in [-0.39, 0.29) is 0 Å². The first kappa shape index (κ1) is 12.1. The van der Waals surface area contributed by atoms with Gasteiger partial charge in [-0.25, -0.2) is 9.97 Å². The average molecular weight is 234 g/mol. The zero-order valence-electron chi connectivity index (χ0n) is 11.0. The van der Waals surface area contributed by atoms with Gasteiger partial charge in [-0.3, -0.25) is 0 Å². The Hall–Kier alpha value is -1.32. The largest absolute Gasteiger partial charge is 0.373 e. The first-order chi connectivity index (χ1) is 8.26. The molecule has 1 saturated carbocycles. The Labute approximate surface area is 103 Å². The van der Waals surface area contributed by atoms with Gasteiger partial charge in [0.25, 0.3) is 0 Å². The van der Waals surface area contributed by atoms with E-state index in [1.807, 2.05) is 7.05 Å². The number of hydrogen-bond donors (Lipinski definition) is 2. The second kappa shape index (κ2) is 5.34. The molecule has 94 valence electrons. The highest BCUT2D eigenvalue weighted by Crippen LogP contribution is 2.31. The molecule has 4 nitrogen and oxygen atoms in total. The summed E-state index contributed by atoms with van der Waals surface area (Å²) in [7, 11) is 1.90. The maximum absolute atomic E-state index is 4.38. The molecule has 1 aromatic heterocycles. The van der Waals surface area contributed by atoms with Crippen molar-refractivity contribution in [3.63, 3.8) is 0 Å². The van der Waals surface area contributed by atoms with Crippen LogP contribution >= 0.6 is 0 Å². The van der Waals surface area contributed by atoms with Crippen molar-refractivity contribution in [2.45, 2.75) is 45.6 Å². The molecule has 1 aliphatic carbocycles. The summed E-state index contributed by atoms with van der Waals surface area (Å²) in [5.74, 6) is 2.74. The molecular formula is C13H22N4. The molecule has 0 amide bonds. The fourth-order valence-electron chi connectivity index (χ4n) is 2.36. The lowest BCUT2D eigenvalue weighted by Gasteiger charge is -2.32. The van der Waals surface area contributed by atoms with Crippen molar-refractivity contribution in [2.75, 3.05) is 17.7 Å². The summed E-state index contributed by atoms with van der Waals surface area (Å²) >= 11 is 0. The molecular weight excluding hydrogens is 212 g/mol. The van der Waals surface area contributed by atoms with Gasteiger partial charge >= 0.3 is 0 Å². The van der Waals surface area contributed by atoms with E-state index in [4.69, 9.17) is 0 Å². The quantitative estimate of drug-likeness (QED) is 0.822. The van der Waals surface area contributed by atoms with Gasteiger partial charge in [0.2, 0.25) is 0 Å². The van der Waals surface area contributed by atoms with Gasteiger partial charge in [-0.1, -0.05) is 13.3 Å². The highest BCUT2D eigenvalue weighted by Gasteiger charge is 2.24. The molecule has 1 atom stereocenters. The van der Waals surface area contributed by atoms with Crippen molar-refractivity contribution in [3.05, 3.63) is 11.9 Å². The molecule has 0 aliphatic heterocycles. The van der Waals surface area contributed by atoms with Crippen LogP contribution in [0.5, 0.6) is 0 Å². The molecule has 1 aromatic rings. The zero-order chi connectivity index (χ0) is 12.3. The molecule has 1 heterocycles. The van der Waals surface area contributed by atoms with Gasteiger partial charge in [-0.05, 0) is 32.1 Å². The third-order valence-corrected chi connectivity index (χ3v) is 3.76. The van der Waals surface area contributed by atoms with Crippen molar-refractivity contribution in [1.29, 1.82) is 0 Å². The smallest absolute Gasteiger partial charge is 0.134 e. The molecule has 4 heteroatoms. The van der Waals surface area contributed by atoms with Crippen LogP contribution in [0.15, 0.2) is 6.33 Å². The summed E-state index contributed by atoms with van der Waals surface area (Å²) in [5.41, 5.74) is 1.18. The van der Waals surface area contributed by atoms with Crippen LogP contribution in [-0.4, -0.2) is 23.1 Å². The van der Waals surface area contributed by atoms with Crippen molar-refractivity contribution in [2.24, 2.45) is 5.92 Å². The van der Waals surface area contributed by atoms with Gasteiger partial charge in [0.1, 0.15) is 18.0 Å². The van der Waals surface area contributed by atoms with Crippen LogP contribution in [0, 0.1) is 5.92 Å². The Morgan fingerprint density at radius 2 is 2.06 bits per heavy atom. The predicted molar refractivity (Wildman–Crippen MR) is 71.4 cm³/mol. The first-order valence-corrected chi connectivity index (χ1v) is 6.54. The van der Waals surface area contributed by atoms with Crippen LogP contribution in [0.4, 0.5) is 11.6 Å². The average Bonchev–Trinajstić information content (AvgIpc) is 2.26. The van der Waals surface area contributed by atoms with Gasteiger partial charge in [-0.2, -0.15) is 0 Å². The highest BCUT2D eigenvalue weighted by atomic mass is 15.1. The Bertz CT molecular complexity index is 374. The van der Waals surface area contributed by atoms with E-state index in [1.54, 1.807) is 6.33 Å². The zero-order valence-corrected chi connectivity index (χ0v) is 11.0. The molecule has 2 N–H and O–H groups in total. The second-order valence-electron chi connectivity index (χ2n) is 4.78. The number of nitrogens with zero attached hydrogens (tertiary/aromatic N) is 2. The summed E-state index contributed by atoms with van der Waals surface area (Å²) in [4.78, 5) is 8.63. The molecule has 1 unspecified atom stereocenters. The van der Waals surface area contributed by atoms with Gasteiger partial charge in [0, 0.05) is 18.7 Å². The van der Waals surface area contributed by atoms with Crippen molar-refractivity contribution in [1.82, 2.24) is 9.97 Å². The van der Waals surface area contributed by atoms with E-state index < -0.39 is 0 Å². The van der Waals surface area contributed by atoms with E-state index in [1.165, 1.54) is 24.8 Å². The minimum atomic E-state index is 0.508. The van der Waals surface area contributed by atoms with E-state index >= 15 is 0 Å². The van der Waals surface area contributed by atoms with Crippen molar-refractivity contribution in [3.8, 4) is 0 Å². The lowest BCUT2D eigenvalue weighted by Crippen LogP contribution is -2.31. The van der Waals surface area contributed by atoms with E-state index in [0.717, 1.165) is 24.0 Å². The van der Waals surface area contributed by atoms with Gasteiger partial charge in [-0.15, -0.1) is 0 Å². The Kier molecular flexibility index (Phi) is 3.82. The normalized spacial score (nSPS) is 17.4. The summed E-state index contributed by atoms with van der Waals surface area (Å²) in [5, 5.41) is 6.67. The predicted octanol–water partition coefficient (Wildman–Crippen LogP) is 2.68. The summed E-state index contributed by atoms with van der Waals surface area (Å²) in [6, 6.07) is 0.508. The standard InChI is InChI=1S/C13H22N4/c1-4-11-12(14-3)15-8-16-13(11)17-9(2)10-6-5-7-10/h8-10H,4-7H2,1-3H3,(H2,14,15,16,17). The van der Waals surface area contributed by atoms with Crippen LogP contribution in [0.25, 0.3) is 0 Å². The lowest BCUT2D eigenvalue weighted by atomic mass is 9.80. The Morgan fingerprint density at radius 1 is 1.35 bits per heavy atom. The molecule has 0 bridgehead atoms. The SMILES string of the molecule is CCc1c(NC)ncnc1NC(C)C1CCC1. The van der Waals surface area contributed by atoms with E-state index in [0.29, 0.717) is 6.04 Å². The molecule has 0 radical (unpaired) electrons. The van der Waals surface area contributed by atoms with Gasteiger partial charge in [0.05, 0.1) is 0 Å². The Balaban J connectivity index is 2.13. The van der Waals surface area contributed by atoms with Crippen LogP contribution in [0.1, 0.15) is 38.7 Å². The Morgan fingerprint density at radius 3 is 2.59 bits per heavy atom. The fraction of sp³-hybridized carbons (Fsp3) is 0.692. The molecule has 17 heavy (non-hydrogen) atoms. The van der Waals surface area contributed by atoms with Crippen molar-refractivity contribution < 1.29 is 0 Å². The molecule has 0 spiro atoms. The van der Waals surface area contributed by atoms with Gasteiger partial charge in [0.15, 0.2) is 0 Å². The van der Waals surface area contributed by atoms with E-state index in [9.17, 15) is 0 Å². The summed E-state index contributed by atoms with van der Waals surface area (Å²) < 4.78 is 0. The summed E-state index contributed by atoms with van der Waals surface area (Å²) in [6.45, 7) is 4.39. The maximum Gasteiger partial charge on any atom is 0.134 e. The van der Waals surface area contributed by atoms with Gasteiger partial charge < -0.3 is 10.6 Å². The minimum absolute atomic E-state index is 0.508. The van der Waals surface area contributed by atoms with Crippen LogP contribution in [0.2, 0.25) is 0 Å². The fourth-order valence-corrected chi connectivity index (χ4v) is 2.36. The van der Waals surface area contributed by atoms with E-state index in [2.05, 4.69) is 34.4 Å². The second-order valence-corrected chi connectivity index (χ2v) is 4.78. The first-order valence-electron chi connectivity index (χ1n) is 6.54. The minimum Gasteiger partial charge on any atom is -0.373 e. The molecule has 0 saturated heterocycles. The van der Waals surface area contributed by atoms with Crippen LogP contribution in [-0.2, 0) is 6.42 Å². The molecule has 0 aromatic carbocycles. The summed E-state index contributed by atoms with van der Waals surface area (Å²) in [6.07, 6.45) is 6.64. The van der Waals surface area contributed by atoms with Crippen LogP contribution in [0.3, 0.4) is 0 Å². The third kappa shape index (κ3) is 2.51. The number of hydrogen-bond acceptors (Lipinski definition) is 4. The molecule has 2 rings (SSSR count). The maximum atomic E-state index is 4.38. The highest BCUT2D eigenvalue weighted by molar-refractivity contribution is 5.57. The number of anilines is 2. The molecule has 1 fully saturated rings. The van der Waals surface area contributed by atoms with Crippen molar-refractivity contribution >= 4 is 11.6 Å². The third-order valence-electron chi connectivity index (χ3n) is 3.76. The topological polar surface area (TPSA) is 49.8 Å². The van der Waals surface area contributed by atoms with Crippen LogP contribution < -0.4 is 10.6 Å². The number of nitrogens with one attached hydrogen (secondary N) is 2. The molecule has 1 aliphatic rings. The number of rotatable bonds is 5. The lowest BCUT2D eigenvalue weighted by molar-refractivity contribution is 0.285. The number of aromatic nitrogens is 2.